The van der Waals surface area contributed by atoms with Gasteiger partial charge in [-0.1, -0.05) is 6.07 Å². The Morgan fingerprint density at radius 1 is 1.00 bits per heavy atom. The van der Waals surface area contributed by atoms with Gasteiger partial charge in [-0.25, -0.2) is 14.8 Å². The van der Waals surface area contributed by atoms with Crippen molar-refractivity contribution in [3.8, 4) is 11.5 Å². The third-order valence-electron chi connectivity index (χ3n) is 3.41. The average molecular weight is 344 g/mol. The summed E-state index contributed by atoms with van der Waals surface area (Å²) in [5, 5.41) is 9.48. The quantitative estimate of drug-likeness (QED) is 0.515. The number of fused-ring (bicyclic) bond motifs is 2. The van der Waals surface area contributed by atoms with Crippen molar-refractivity contribution in [2.45, 2.75) is 0 Å². The normalized spacial score (nSPS) is 11.0. The number of nitrogens with zero attached hydrogens (tertiary/aromatic N) is 2. The van der Waals surface area contributed by atoms with E-state index in [1.54, 1.807) is 24.3 Å². The second kappa shape index (κ2) is 7.29. The number of methoxy groups -OCH3 is 2. The summed E-state index contributed by atoms with van der Waals surface area (Å²) in [6.45, 7) is 0.0595. The SMILES string of the molecule is COCOc1cc(C(=O)O)c2nc3cccc(OCOC)c3nc2c1. The number of aromatic carboxylic acids is 1. The highest BCUT2D eigenvalue weighted by Crippen LogP contribution is 2.29. The first-order valence-corrected chi connectivity index (χ1v) is 7.35. The lowest BCUT2D eigenvalue weighted by atomic mass is 10.1. The van der Waals surface area contributed by atoms with Gasteiger partial charge in [0.05, 0.1) is 16.6 Å². The highest BCUT2D eigenvalue weighted by molar-refractivity contribution is 6.03. The average Bonchev–Trinajstić information content (AvgIpc) is 2.62. The highest BCUT2D eigenvalue weighted by atomic mass is 16.7. The van der Waals surface area contributed by atoms with E-state index in [1.165, 1.54) is 20.3 Å². The van der Waals surface area contributed by atoms with Gasteiger partial charge < -0.3 is 24.1 Å². The molecular weight excluding hydrogens is 328 g/mol. The molecule has 0 saturated carbocycles. The Kier molecular flexibility index (Phi) is 4.92. The zero-order valence-corrected chi connectivity index (χ0v) is 13.7. The minimum atomic E-state index is -1.12. The van der Waals surface area contributed by atoms with Gasteiger partial charge in [-0.05, 0) is 18.2 Å². The third-order valence-corrected chi connectivity index (χ3v) is 3.41. The monoisotopic (exact) mass is 344 g/mol. The minimum Gasteiger partial charge on any atom is -0.478 e. The minimum absolute atomic E-state index is 0.00113. The molecule has 0 bridgehead atoms. The van der Waals surface area contributed by atoms with E-state index in [9.17, 15) is 9.90 Å². The summed E-state index contributed by atoms with van der Waals surface area (Å²) in [7, 11) is 3.00. The van der Waals surface area contributed by atoms with Crippen LogP contribution in [0.3, 0.4) is 0 Å². The second-order valence-electron chi connectivity index (χ2n) is 5.09. The highest BCUT2D eigenvalue weighted by Gasteiger charge is 2.16. The lowest BCUT2D eigenvalue weighted by molar-refractivity contribution is 0.0508. The van der Waals surface area contributed by atoms with Crippen LogP contribution < -0.4 is 9.47 Å². The fourth-order valence-electron chi connectivity index (χ4n) is 2.36. The molecule has 1 aromatic heterocycles. The Morgan fingerprint density at radius 2 is 1.72 bits per heavy atom. The number of carboxylic acids is 1. The van der Waals surface area contributed by atoms with Crippen molar-refractivity contribution in [2.24, 2.45) is 0 Å². The van der Waals surface area contributed by atoms with Gasteiger partial charge in [0.2, 0.25) is 0 Å². The molecule has 0 aliphatic rings. The van der Waals surface area contributed by atoms with Crippen molar-refractivity contribution in [3.05, 3.63) is 35.9 Å². The van der Waals surface area contributed by atoms with Crippen molar-refractivity contribution >= 4 is 28.0 Å². The molecule has 25 heavy (non-hydrogen) atoms. The van der Waals surface area contributed by atoms with Gasteiger partial charge in [0.1, 0.15) is 22.5 Å². The van der Waals surface area contributed by atoms with Crippen LogP contribution in [0.4, 0.5) is 0 Å². The van der Waals surface area contributed by atoms with E-state index in [0.717, 1.165) is 0 Å². The molecule has 8 heteroatoms. The molecule has 1 N–H and O–H groups in total. The molecule has 0 radical (unpaired) electrons. The van der Waals surface area contributed by atoms with Gasteiger partial charge in [-0.3, -0.25) is 0 Å². The summed E-state index contributed by atoms with van der Waals surface area (Å²) >= 11 is 0. The fourth-order valence-corrected chi connectivity index (χ4v) is 2.36. The number of hydrogen-bond donors (Lipinski definition) is 1. The number of carbonyl (C=O) groups is 1. The van der Waals surface area contributed by atoms with Gasteiger partial charge in [-0.2, -0.15) is 0 Å². The van der Waals surface area contributed by atoms with Crippen molar-refractivity contribution in [3.63, 3.8) is 0 Å². The molecule has 3 aromatic rings. The number of ether oxygens (including phenoxy) is 4. The molecule has 0 aliphatic carbocycles. The van der Waals surface area contributed by atoms with Crippen LogP contribution in [0.1, 0.15) is 10.4 Å². The predicted octanol–water partition coefficient (Wildman–Crippen LogP) is 2.45. The number of hydrogen-bond acceptors (Lipinski definition) is 7. The van der Waals surface area contributed by atoms with Crippen molar-refractivity contribution in [1.82, 2.24) is 9.97 Å². The van der Waals surface area contributed by atoms with Gasteiger partial charge in [0.15, 0.2) is 13.6 Å². The zero-order chi connectivity index (χ0) is 17.8. The molecule has 3 rings (SSSR count). The van der Waals surface area contributed by atoms with Gasteiger partial charge in [0.25, 0.3) is 0 Å². The van der Waals surface area contributed by atoms with Crippen molar-refractivity contribution in [1.29, 1.82) is 0 Å². The Hall–Kier alpha value is -2.97. The number of benzene rings is 2. The number of para-hydroxylation sites is 1. The molecule has 0 saturated heterocycles. The Labute approximate surface area is 142 Å². The Balaban J connectivity index is 2.22. The van der Waals surface area contributed by atoms with E-state index >= 15 is 0 Å². The number of carboxylic acid groups (broad SMARTS) is 1. The van der Waals surface area contributed by atoms with Crippen LogP contribution in [0, 0.1) is 0 Å². The topological polar surface area (TPSA) is 100 Å². The molecule has 130 valence electrons. The summed E-state index contributed by atoms with van der Waals surface area (Å²) in [4.78, 5) is 20.5. The molecule has 0 fully saturated rings. The summed E-state index contributed by atoms with van der Waals surface area (Å²) in [5.74, 6) is -0.294. The first-order valence-electron chi connectivity index (χ1n) is 7.35. The van der Waals surface area contributed by atoms with Crippen LogP contribution in [0.5, 0.6) is 11.5 Å². The molecule has 8 nitrogen and oxygen atoms in total. The molecule has 0 spiro atoms. The standard InChI is InChI=1S/C17H16N2O6/c1-22-8-24-10-6-11(17(20)21)15-13(7-10)19-16-12(18-15)4-3-5-14(16)25-9-23-2/h3-7H,8-9H2,1-2H3,(H,20,21). The molecule has 0 amide bonds. The van der Waals surface area contributed by atoms with Crippen LogP contribution in [0.15, 0.2) is 30.3 Å². The number of rotatable bonds is 7. The Bertz CT molecular complexity index is 928. The lowest BCUT2D eigenvalue weighted by Crippen LogP contribution is -2.05. The Morgan fingerprint density at radius 3 is 2.44 bits per heavy atom. The first kappa shape index (κ1) is 16.9. The van der Waals surface area contributed by atoms with Crippen LogP contribution in [0.25, 0.3) is 22.1 Å². The van der Waals surface area contributed by atoms with Crippen LogP contribution in [-0.2, 0) is 9.47 Å². The van der Waals surface area contributed by atoms with E-state index in [4.69, 9.17) is 18.9 Å². The van der Waals surface area contributed by atoms with Crippen molar-refractivity contribution < 1.29 is 28.8 Å². The second-order valence-corrected chi connectivity index (χ2v) is 5.09. The van der Waals surface area contributed by atoms with Gasteiger partial charge in [0, 0.05) is 20.3 Å². The summed E-state index contributed by atoms with van der Waals surface area (Å²) in [6.07, 6.45) is 0. The van der Waals surface area contributed by atoms with Crippen LogP contribution >= 0.6 is 0 Å². The molecular formula is C17H16N2O6. The van der Waals surface area contributed by atoms with Gasteiger partial charge in [-0.15, -0.1) is 0 Å². The van der Waals surface area contributed by atoms with E-state index in [2.05, 4.69) is 9.97 Å². The smallest absolute Gasteiger partial charge is 0.338 e. The maximum absolute atomic E-state index is 11.6. The van der Waals surface area contributed by atoms with E-state index in [0.29, 0.717) is 28.0 Å². The summed E-state index contributed by atoms with van der Waals surface area (Å²) in [5.41, 5.74) is 1.68. The molecule has 0 atom stereocenters. The van der Waals surface area contributed by atoms with Crippen molar-refractivity contribution in [2.75, 3.05) is 27.8 Å². The first-order chi connectivity index (χ1) is 12.1. The zero-order valence-electron chi connectivity index (χ0n) is 13.7. The fraction of sp³-hybridized carbons (Fsp3) is 0.235. The van der Waals surface area contributed by atoms with Crippen LogP contribution in [-0.4, -0.2) is 48.8 Å². The van der Waals surface area contributed by atoms with E-state index in [1.807, 2.05) is 0 Å². The molecule has 1 heterocycles. The van der Waals surface area contributed by atoms with E-state index in [-0.39, 0.29) is 24.7 Å². The largest absolute Gasteiger partial charge is 0.478 e. The van der Waals surface area contributed by atoms with E-state index < -0.39 is 5.97 Å². The maximum atomic E-state index is 11.6. The summed E-state index contributed by atoms with van der Waals surface area (Å²) < 4.78 is 20.6. The third kappa shape index (κ3) is 3.44. The lowest BCUT2D eigenvalue weighted by Gasteiger charge is -2.11. The van der Waals surface area contributed by atoms with Crippen LogP contribution in [0.2, 0.25) is 0 Å². The predicted molar refractivity (Wildman–Crippen MR) is 89.0 cm³/mol. The maximum Gasteiger partial charge on any atom is 0.338 e. The molecule has 0 aliphatic heterocycles. The number of aromatic nitrogens is 2. The molecule has 0 unspecified atom stereocenters. The molecule has 2 aromatic carbocycles. The van der Waals surface area contributed by atoms with Gasteiger partial charge >= 0.3 is 5.97 Å². The summed E-state index contributed by atoms with van der Waals surface area (Å²) in [6, 6.07) is 8.24.